The summed E-state index contributed by atoms with van der Waals surface area (Å²) in [7, 11) is 1.37. The third-order valence-electron chi connectivity index (χ3n) is 3.13. The summed E-state index contributed by atoms with van der Waals surface area (Å²) in [6, 6.07) is 3.84. The van der Waals surface area contributed by atoms with Crippen LogP contribution in [0.3, 0.4) is 0 Å². The highest BCUT2D eigenvalue weighted by atomic mass is 32.1. The maximum atomic E-state index is 11.7. The molecule has 0 aliphatic heterocycles. The molecule has 0 atom stereocenters. The van der Waals surface area contributed by atoms with Crippen LogP contribution in [0.1, 0.15) is 37.5 Å². The average molecular weight is 339 g/mol. The minimum absolute atomic E-state index is 0.124. The van der Waals surface area contributed by atoms with E-state index in [0.29, 0.717) is 6.54 Å². The van der Waals surface area contributed by atoms with Crippen molar-refractivity contribution in [2.24, 2.45) is 0 Å². The summed E-state index contributed by atoms with van der Waals surface area (Å²) in [5, 5.41) is 3.04. The van der Waals surface area contributed by atoms with Gasteiger partial charge in [0.15, 0.2) is 0 Å². The second kappa shape index (κ2) is 8.36. The molecule has 23 heavy (non-hydrogen) atoms. The molecule has 0 aliphatic carbocycles. The molecule has 6 heteroatoms. The van der Waals surface area contributed by atoms with Crippen molar-refractivity contribution >= 4 is 24.6 Å². The van der Waals surface area contributed by atoms with Crippen LogP contribution in [-0.2, 0) is 32.0 Å². The Morgan fingerprint density at radius 2 is 1.87 bits per heavy atom. The van der Waals surface area contributed by atoms with Gasteiger partial charge in [0, 0.05) is 11.4 Å². The first-order chi connectivity index (χ1) is 10.6. The summed E-state index contributed by atoms with van der Waals surface area (Å²) in [6.45, 7) is 8.02. The van der Waals surface area contributed by atoms with Crippen LogP contribution in [-0.4, -0.2) is 31.2 Å². The number of hydrogen-bond donors (Lipinski definition) is 2. The molecule has 0 saturated carbocycles. The number of rotatable bonds is 6. The normalized spacial score (nSPS) is 11.2. The fraction of sp³-hybridized carbons (Fsp3) is 0.529. The number of esters is 2. The molecule has 5 nitrogen and oxygen atoms in total. The lowest BCUT2D eigenvalue weighted by molar-refractivity contribution is -0.153. The van der Waals surface area contributed by atoms with Gasteiger partial charge >= 0.3 is 11.9 Å². The van der Waals surface area contributed by atoms with Crippen LogP contribution in [0.5, 0.6) is 0 Å². The van der Waals surface area contributed by atoms with Gasteiger partial charge in [-0.2, -0.15) is 0 Å². The van der Waals surface area contributed by atoms with Crippen LogP contribution in [0.15, 0.2) is 17.0 Å². The fourth-order valence-electron chi connectivity index (χ4n) is 2.02. The summed E-state index contributed by atoms with van der Waals surface area (Å²) < 4.78 is 9.94. The maximum Gasteiger partial charge on any atom is 0.320 e. The largest absolute Gasteiger partial charge is 0.469 e. The molecule has 0 bridgehead atoms. The predicted molar refractivity (Wildman–Crippen MR) is 91.7 cm³/mol. The minimum Gasteiger partial charge on any atom is -0.469 e. The van der Waals surface area contributed by atoms with Gasteiger partial charge in [-0.25, -0.2) is 0 Å². The Labute approximate surface area is 143 Å². The molecule has 1 aromatic rings. The summed E-state index contributed by atoms with van der Waals surface area (Å²) in [5.74, 6) is -0.592. The summed E-state index contributed by atoms with van der Waals surface area (Å²) >= 11 is 4.44. The summed E-state index contributed by atoms with van der Waals surface area (Å²) in [6.07, 6.45) is 0.204. The number of benzene rings is 1. The van der Waals surface area contributed by atoms with Gasteiger partial charge in [-0.3, -0.25) is 9.59 Å². The lowest BCUT2D eigenvalue weighted by Gasteiger charge is -2.19. The molecule has 0 radical (unpaired) electrons. The number of nitrogens with one attached hydrogen (secondary N) is 1. The van der Waals surface area contributed by atoms with Crippen molar-refractivity contribution in [1.29, 1.82) is 0 Å². The third kappa shape index (κ3) is 7.05. The van der Waals surface area contributed by atoms with E-state index in [4.69, 9.17) is 9.47 Å². The van der Waals surface area contributed by atoms with E-state index in [-0.39, 0.29) is 24.9 Å². The van der Waals surface area contributed by atoms with E-state index >= 15 is 0 Å². The van der Waals surface area contributed by atoms with Crippen LogP contribution < -0.4 is 5.32 Å². The van der Waals surface area contributed by atoms with E-state index < -0.39 is 5.60 Å². The maximum absolute atomic E-state index is 11.7. The zero-order valence-electron chi connectivity index (χ0n) is 14.4. The van der Waals surface area contributed by atoms with Crippen molar-refractivity contribution in [2.75, 3.05) is 13.7 Å². The van der Waals surface area contributed by atoms with E-state index in [0.717, 1.165) is 21.6 Å². The minimum atomic E-state index is -0.491. The molecule has 0 aromatic heterocycles. The first-order valence-corrected chi connectivity index (χ1v) is 7.88. The number of carbonyl (C=O) groups excluding carboxylic acids is 2. The Kier molecular flexibility index (Phi) is 7.09. The number of carbonyl (C=O) groups is 2. The lowest BCUT2D eigenvalue weighted by Crippen LogP contribution is -2.31. The van der Waals surface area contributed by atoms with Crippen LogP contribution >= 0.6 is 12.6 Å². The molecule has 0 saturated heterocycles. The number of hydrogen-bond acceptors (Lipinski definition) is 6. The standard InChI is InChI=1S/C17H25NO4S/c1-11-13(8-15(19)21-5)6-12(7-14(11)23)9-18-10-16(20)22-17(2,3)4/h6-7,18,23H,8-10H2,1-5H3. The first-order valence-electron chi connectivity index (χ1n) is 7.43. The Balaban J connectivity index is 2.67. The van der Waals surface area contributed by atoms with E-state index in [1.165, 1.54) is 7.11 Å². The van der Waals surface area contributed by atoms with Gasteiger partial charge < -0.3 is 14.8 Å². The highest BCUT2D eigenvalue weighted by Crippen LogP contribution is 2.21. The molecule has 0 aliphatic rings. The van der Waals surface area contributed by atoms with E-state index in [9.17, 15) is 9.59 Å². The smallest absolute Gasteiger partial charge is 0.320 e. The quantitative estimate of drug-likeness (QED) is 0.616. The van der Waals surface area contributed by atoms with Crippen molar-refractivity contribution in [1.82, 2.24) is 5.32 Å². The highest BCUT2D eigenvalue weighted by molar-refractivity contribution is 7.80. The van der Waals surface area contributed by atoms with Crippen molar-refractivity contribution in [3.8, 4) is 0 Å². The van der Waals surface area contributed by atoms with Crippen molar-refractivity contribution in [3.05, 3.63) is 28.8 Å². The van der Waals surface area contributed by atoms with Crippen molar-refractivity contribution < 1.29 is 19.1 Å². The lowest BCUT2D eigenvalue weighted by atomic mass is 10.0. The van der Waals surface area contributed by atoms with Crippen LogP contribution in [0.25, 0.3) is 0 Å². The molecule has 128 valence electrons. The van der Waals surface area contributed by atoms with Crippen LogP contribution in [0.4, 0.5) is 0 Å². The van der Waals surface area contributed by atoms with Crippen molar-refractivity contribution in [2.45, 2.75) is 51.2 Å². The van der Waals surface area contributed by atoms with Gasteiger partial charge in [0.25, 0.3) is 0 Å². The van der Waals surface area contributed by atoms with Gasteiger partial charge in [0.05, 0.1) is 20.1 Å². The first kappa shape index (κ1) is 19.5. The Hall–Kier alpha value is -1.53. The molecule has 1 rings (SSSR count). The molecule has 1 N–H and O–H groups in total. The SMILES string of the molecule is COC(=O)Cc1cc(CNCC(=O)OC(C)(C)C)cc(S)c1C. The number of methoxy groups -OCH3 is 1. The van der Waals surface area contributed by atoms with E-state index in [1.807, 2.05) is 39.8 Å². The molecule has 0 amide bonds. The summed E-state index contributed by atoms with van der Waals surface area (Å²) in [5.41, 5.74) is 2.28. The molecule has 0 unspecified atom stereocenters. The zero-order chi connectivity index (χ0) is 17.6. The number of thiol groups is 1. The van der Waals surface area contributed by atoms with Gasteiger partial charge in [-0.1, -0.05) is 6.07 Å². The molecule has 0 spiro atoms. The van der Waals surface area contributed by atoms with Crippen LogP contribution in [0.2, 0.25) is 0 Å². The van der Waals surface area contributed by atoms with Gasteiger partial charge in [0.1, 0.15) is 5.60 Å². The summed E-state index contributed by atoms with van der Waals surface area (Å²) in [4.78, 5) is 23.9. The Bertz CT molecular complexity index is 579. The highest BCUT2D eigenvalue weighted by Gasteiger charge is 2.16. The van der Waals surface area contributed by atoms with E-state index in [1.54, 1.807) is 0 Å². The third-order valence-corrected chi connectivity index (χ3v) is 3.59. The second-order valence-corrected chi connectivity index (χ2v) is 6.82. The Morgan fingerprint density at radius 1 is 1.22 bits per heavy atom. The second-order valence-electron chi connectivity index (χ2n) is 6.34. The molecular weight excluding hydrogens is 314 g/mol. The topological polar surface area (TPSA) is 64.6 Å². The van der Waals surface area contributed by atoms with Crippen LogP contribution in [0, 0.1) is 6.92 Å². The Morgan fingerprint density at radius 3 is 2.43 bits per heavy atom. The molecule has 0 heterocycles. The predicted octanol–water partition coefficient (Wildman–Crippen LogP) is 2.43. The van der Waals surface area contributed by atoms with Crippen molar-refractivity contribution in [3.63, 3.8) is 0 Å². The van der Waals surface area contributed by atoms with E-state index in [2.05, 4.69) is 17.9 Å². The van der Waals surface area contributed by atoms with Gasteiger partial charge in [-0.05, 0) is 50.5 Å². The zero-order valence-corrected chi connectivity index (χ0v) is 15.3. The molecular formula is C17H25NO4S. The molecule has 0 fully saturated rings. The monoisotopic (exact) mass is 339 g/mol. The number of ether oxygens (including phenoxy) is 2. The fourth-order valence-corrected chi connectivity index (χ4v) is 2.33. The van der Waals surface area contributed by atoms with Gasteiger partial charge in [-0.15, -0.1) is 12.6 Å². The molecule has 1 aromatic carbocycles. The van der Waals surface area contributed by atoms with Gasteiger partial charge in [0.2, 0.25) is 0 Å². The average Bonchev–Trinajstić information content (AvgIpc) is 2.42.